The summed E-state index contributed by atoms with van der Waals surface area (Å²) in [6.45, 7) is 0.994. The van der Waals surface area contributed by atoms with E-state index in [1.807, 2.05) is 0 Å². The lowest BCUT2D eigenvalue weighted by molar-refractivity contribution is -0.126. The summed E-state index contributed by atoms with van der Waals surface area (Å²) in [6, 6.07) is 11.4. The van der Waals surface area contributed by atoms with Crippen molar-refractivity contribution >= 4 is 16.5 Å². The molecule has 1 N–H and O–H groups in total. The van der Waals surface area contributed by atoms with Gasteiger partial charge in [0.2, 0.25) is 10.0 Å². The van der Waals surface area contributed by atoms with Crippen molar-refractivity contribution in [1.82, 2.24) is 9.62 Å². The fourth-order valence-corrected chi connectivity index (χ4v) is 6.08. The Morgan fingerprint density at radius 2 is 1.72 bits per heavy atom. The Kier molecular flexibility index (Phi) is 9.11. The highest BCUT2D eigenvalue weighted by molar-refractivity contribution is 7.88. The van der Waals surface area contributed by atoms with Gasteiger partial charge in [0.15, 0.2) is 0 Å². The van der Waals surface area contributed by atoms with E-state index in [9.17, 15) is 8.42 Å². The van der Waals surface area contributed by atoms with Gasteiger partial charge in [-0.25, -0.2) is 13.1 Å². The number of likely N-dealkylation sites (tertiary alicyclic amines) is 1. The lowest BCUT2D eigenvalue weighted by atomic mass is 9.83. The Hall–Kier alpha value is -1.48. The number of benzene rings is 1. The standard InChI is InChI=1S/C22H34N2O3S.C2H4O2/c1-24-21(18-8-9-18)14-20(23-28(2,25)26)22(24)15-27-19-12-10-17(11-13-19)16-6-4-3-5-7-16;1-4-2-3/h3-7,17-23H,8-15H2,1-2H3;2H,1H3/t17?,19?,20-,21?,22?;/m0./s1. The van der Waals surface area contributed by atoms with Crippen molar-refractivity contribution in [2.45, 2.75) is 75.1 Å². The second-order valence-electron chi connectivity index (χ2n) is 9.42. The summed E-state index contributed by atoms with van der Waals surface area (Å²) in [7, 11) is 0.253. The summed E-state index contributed by atoms with van der Waals surface area (Å²) in [5, 5.41) is 0. The molecule has 2 saturated carbocycles. The van der Waals surface area contributed by atoms with E-state index in [1.54, 1.807) is 0 Å². The minimum Gasteiger partial charge on any atom is -0.471 e. The summed E-state index contributed by atoms with van der Waals surface area (Å²) in [5.74, 6) is 1.38. The van der Waals surface area contributed by atoms with Crippen molar-refractivity contribution in [2.24, 2.45) is 5.92 Å². The predicted molar refractivity (Wildman–Crippen MR) is 125 cm³/mol. The second kappa shape index (κ2) is 11.6. The Labute approximate surface area is 192 Å². The molecule has 1 aromatic rings. The van der Waals surface area contributed by atoms with E-state index in [4.69, 9.17) is 9.53 Å². The maximum absolute atomic E-state index is 11.8. The molecule has 3 atom stereocenters. The van der Waals surface area contributed by atoms with Gasteiger partial charge in [0.25, 0.3) is 6.47 Å². The summed E-state index contributed by atoms with van der Waals surface area (Å²) in [5.41, 5.74) is 1.45. The molecule has 7 nitrogen and oxygen atoms in total. The van der Waals surface area contributed by atoms with Crippen molar-refractivity contribution in [1.29, 1.82) is 0 Å². The lowest BCUT2D eigenvalue weighted by Gasteiger charge is -2.32. The molecular formula is C24H38N2O5S. The van der Waals surface area contributed by atoms with Crippen molar-refractivity contribution in [3.63, 3.8) is 0 Å². The Morgan fingerprint density at radius 3 is 2.25 bits per heavy atom. The molecule has 32 heavy (non-hydrogen) atoms. The number of methoxy groups -OCH3 is 1. The van der Waals surface area contributed by atoms with E-state index in [0.717, 1.165) is 25.2 Å². The fourth-order valence-electron chi connectivity index (χ4n) is 5.28. The van der Waals surface area contributed by atoms with Gasteiger partial charge in [-0.05, 0) is 69.4 Å². The number of carbonyl (C=O) groups is 1. The largest absolute Gasteiger partial charge is 0.471 e. The molecule has 1 heterocycles. The van der Waals surface area contributed by atoms with Gasteiger partial charge in [0.1, 0.15) is 0 Å². The molecule has 0 amide bonds. The van der Waals surface area contributed by atoms with Gasteiger partial charge < -0.3 is 9.47 Å². The van der Waals surface area contributed by atoms with E-state index in [0.29, 0.717) is 31.1 Å². The number of rotatable bonds is 8. The molecule has 1 saturated heterocycles. The summed E-state index contributed by atoms with van der Waals surface area (Å²) in [6.07, 6.45) is 9.54. The number of ether oxygens (including phenoxy) is 2. The normalized spacial score (nSPS) is 30.9. The van der Waals surface area contributed by atoms with Crippen molar-refractivity contribution in [3.8, 4) is 0 Å². The van der Waals surface area contributed by atoms with Crippen LogP contribution in [0.4, 0.5) is 0 Å². The van der Waals surface area contributed by atoms with E-state index in [2.05, 4.69) is 51.7 Å². The molecule has 4 rings (SSSR count). The van der Waals surface area contributed by atoms with Gasteiger partial charge >= 0.3 is 0 Å². The predicted octanol–water partition coefficient (Wildman–Crippen LogP) is 2.92. The topological polar surface area (TPSA) is 84.9 Å². The molecule has 2 unspecified atom stereocenters. The van der Waals surface area contributed by atoms with Crippen LogP contribution in [0.1, 0.15) is 56.4 Å². The van der Waals surface area contributed by atoms with Crippen LogP contribution in [0, 0.1) is 5.92 Å². The van der Waals surface area contributed by atoms with Crippen molar-refractivity contribution in [2.75, 3.05) is 27.0 Å². The molecule has 2 aliphatic carbocycles. The molecule has 180 valence electrons. The highest BCUT2D eigenvalue weighted by Crippen LogP contribution is 2.42. The third kappa shape index (κ3) is 7.27. The number of nitrogens with one attached hydrogen (secondary N) is 1. The van der Waals surface area contributed by atoms with Crippen LogP contribution in [0.5, 0.6) is 0 Å². The highest BCUT2D eigenvalue weighted by Gasteiger charge is 2.46. The molecule has 1 aromatic carbocycles. The lowest BCUT2D eigenvalue weighted by Crippen LogP contribution is -2.47. The first-order valence-corrected chi connectivity index (χ1v) is 13.5. The SMILES string of the molecule is CN1C(C2CC2)C[C@H](NS(C)(=O)=O)C1COC1CCC(c2ccccc2)CC1.COC=O. The van der Waals surface area contributed by atoms with E-state index >= 15 is 0 Å². The first-order valence-electron chi connectivity index (χ1n) is 11.6. The molecule has 0 spiro atoms. The maximum Gasteiger partial charge on any atom is 0.292 e. The number of carbonyl (C=O) groups excluding carboxylic acids is 1. The number of nitrogens with zero attached hydrogens (tertiary/aromatic N) is 1. The van der Waals surface area contributed by atoms with E-state index in [-0.39, 0.29) is 12.1 Å². The van der Waals surface area contributed by atoms with Crippen LogP contribution in [0.3, 0.4) is 0 Å². The molecule has 3 aliphatic rings. The van der Waals surface area contributed by atoms with Crippen molar-refractivity contribution in [3.05, 3.63) is 35.9 Å². The smallest absolute Gasteiger partial charge is 0.292 e. The van der Waals surface area contributed by atoms with Gasteiger partial charge in [-0.3, -0.25) is 9.69 Å². The minimum atomic E-state index is -3.21. The third-order valence-electron chi connectivity index (χ3n) is 7.08. The first-order chi connectivity index (χ1) is 15.3. The van der Waals surface area contributed by atoms with Gasteiger partial charge in [-0.2, -0.15) is 0 Å². The van der Waals surface area contributed by atoms with Gasteiger partial charge in [-0.1, -0.05) is 30.3 Å². The van der Waals surface area contributed by atoms with Crippen LogP contribution in [-0.2, 0) is 24.3 Å². The zero-order valence-corrected chi connectivity index (χ0v) is 20.3. The first kappa shape index (κ1) is 25.1. The minimum absolute atomic E-state index is 0.0359. The molecular weight excluding hydrogens is 428 g/mol. The molecule has 0 radical (unpaired) electrons. The summed E-state index contributed by atoms with van der Waals surface area (Å²) < 4.78 is 36.8. The summed E-state index contributed by atoms with van der Waals surface area (Å²) in [4.78, 5) is 11.3. The number of likely N-dealkylation sites (N-methyl/N-ethyl adjacent to an activating group) is 1. The number of hydrogen-bond donors (Lipinski definition) is 1. The monoisotopic (exact) mass is 466 g/mol. The van der Waals surface area contributed by atoms with Crippen LogP contribution >= 0.6 is 0 Å². The summed E-state index contributed by atoms with van der Waals surface area (Å²) >= 11 is 0. The quantitative estimate of drug-likeness (QED) is 0.593. The molecule has 8 heteroatoms. The highest BCUT2D eigenvalue weighted by atomic mass is 32.2. The average molecular weight is 467 g/mol. The van der Waals surface area contributed by atoms with Crippen LogP contribution in [0.2, 0.25) is 0 Å². The van der Waals surface area contributed by atoms with Crippen molar-refractivity contribution < 1.29 is 22.7 Å². The zero-order valence-electron chi connectivity index (χ0n) is 19.5. The van der Waals surface area contributed by atoms with Gasteiger partial charge in [0.05, 0.1) is 26.1 Å². The third-order valence-corrected chi connectivity index (χ3v) is 7.81. The van der Waals surface area contributed by atoms with Crippen LogP contribution in [0.15, 0.2) is 30.3 Å². The Balaban J connectivity index is 0.000000668. The molecule has 3 fully saturated rings. The Bertz CT molecular complexity index is 807. The van der Waals surface area contributed by atoms with Crippen LogP contribution < -0.4 is 4.72 Å². The Morgan fingerprint density at radius 1 is 1.09 bits per heavy atom. The maximum atomic E-state index is 11.8. The molecule has 1 aliphatic heterocycles. The van der Waals surface area contributed by atoms with E-state index in [1.165, 1.54) is 44.6 Å². The van der Waals surface area contributed by atoms with E-state index < -0.39 is 10.0 Å². The van der Waals surface area contributed by atoms with Crippen LogP contribution in [-0.4, -0.2) is 71.0 Å². The van der Waals surface area contributed by atoms with Crippen LogP contribution in [0.25, 0.3) is 0 Å². The molecule has 0 bridgehead atoms. The van der Waals surface area contributed by atoms with Gasteiger partial charge in [0, 0.05) is 18.1 Å². The van der Waals surface area contributed by atoms with Gasteiger partial charge in [-0.15, -0.1) is 0 Å². The fraction of sp³-hybridized carbons (Fsp3) is 0.708. The number of hydrogen-bond acceptors (Lipinski definition) is 6. The zero-order chi connectivity index (χ0) is 23.1. The second-order valence-corrected chi connectivity index (χ2v) is 11.2. The molecule has 0 aromatic heterocycles. The average Bonchev–Trinajstić information content (AvgIpc) is 3.58. The number of sulfonamides is 1.